The Balaban J connectivity index is 0.00000243. The molecule has 1 aliphatic rings. The number of aliphatic imine (C=N–C) groups is 1. The van der Waals surface area contributed by atoms with Gasteiger partial charge < -0.3 is 14.7 Å². The molecule has 7 heteroatoms. The van der Waals surface area contributed by atoms with Crippen LogP contribution >= 0.6 is 24.0 Å². The summed E-state index contributed by atoms with van der Waals surface area (Å²) in [7, 11) is 1.86. The number of rotatable bonds is 6. The number of aryl methyl sites for hydroxylation is 1. The normalized spacial score (nSPS) is 15.6. The predicted octanol–water partition coefficient (Wildman–Crippen LogP) is 2.62. The molecule has 26 heavy (non-hydrogen) atoms. The number of piperazine rings is 1. The predicted molar refractivity (Wildman–Crippen MR) is 115 cm³/mol. The largest absolute Gasteiger partial charge is 0.364 e. The van der Waals surface area contributed by atoms with Gasteiger partial charge in [-0.1, -0.05) is 35.5 Å². The summed E-state index contributed by atoms with van der Waals surface area (Å²) in [6.07, 6.45) is 3.83. The molecule has 3 rings (SSSR count). The minimum atomic E-state index is 0. The van der Waals surface area contributed by atoms with Gasteiger partial charge in [-0.25, -0.2) is 0 Å². The van der Waals surface area contributed by atoms with E-state index in [1.54, 1.807) is 6.26 Å². The first kappa shape index (κ1) is 20.7. The summed E-state index contributed by atoms with van der Waals surface area (Å²) in [5, 5.41) is 7.49. The maximum absolute atomic E-state index is 4.90. The topological polar surface area (TPSA) is 56.9 Å². The summed E-state index contributed by atoms with van der Waals surface area (Å²) in [5.74, 6) is 1.01. The lowest BCUT2D eigenvalue weighted by molar-refractivity contribution is 0.169. The van der Waals surface area contributed by atoms with Gasteiger partial charge in [0.2, 0.25) is 0 Å². The summed E-state index contributed by atoms with van der Waals surface area (Å²) in [5.41, 5.74) is 2.39. The lowest BCUT2D eigenvalue weighted by atomic mass is 10.1. The number of nitrogens with one attached hydrogen (secondary N) is 1. The van der Waals surface area contributed by atoms with Crippen LogP contribution in [0.4, 0.5) is 0 Å². The van der Waals surface area contributed by atoms with Crippen LogP contribution in [0.5, 0.6) is 0 Å². The van der Waals surface area contributed by atoms with Gasteiger partial charge in [-0.05, 0) is 18.4 Å². The van der Waals surface area contributed by atoms with E-state index in [4.69, 9.17) is 4.52 Å². The molecular weight excluding hydrogens is 441 g/mol. The van der Waals surface area contributed by atoms with E-state index in [0.717, 1.165) is 63.8 Å². The summed E-state index contributed by atoms with van der Waals surface area (Å²) < 4.78 is 4.90. The molecule has 1 N–H and O–H groups in total. The minimum Gasteiger partial charge on any atom is -0.364 e. The molecule has 1 aromatic carbocycles. The zero-order valence-corrected chi connectivity index (χ0v) is 17.6. The molecule has 0 radical (unpaired) electrons. The van der Waals surface area contributed by atoms with Crippen molar-refractivity contribution in [3.05, 3.63) is 53.9 Å². The first-order valence-electron chi connectivity index (χ1n) is 8.96. The third kappa shape index (κ3) is 6.28. The van der Waals surface area contributed by atoms with Crippen LogP contribution < -0.4 is 5.32 Å². The van der Waals surface area contributed by atoms with E-state index in [9.17, 15) is 0 Å². The van der Waals surface area contributed by atoms with Crippen LogP contribution in [0.2, 0.25) is 0 Å². The van der Waals surface area contributed by atoms with Crippen molar-refractivity contribution in [3.63, 3.8) is 0 Å². The fourth-order valence-electron chi connectivity index (χ4n) is 3.14. The SMILES string of the molecule is CN=C(NCCCc1ccccc1)N1CCN(Cc2ccon2)CC1.I. The molecule has 1 aromatic heterocycles. The van der Waals surface area contributed by atoms with Crippen LogP contribution in [0, 0.1) is 0 Å². The first-order valence-corrected chi connectivity index (χ1v) is 8.96. The number of hydrogen-bond acceptors (Lipinski definition) is 4. The number of hydrogen-bond donors (Lipinski definition) is 1. The Morgan fingerprint density at radius 3 is 2.58 bits per heavy atom. The zero-order chi connectivity index (χ0) is 17.3. The van der Waals surface area contributed by atoms with Crippen molar-refractivity contribution in [3.8, 4) is 0 Å². The van der Waals surface area contributed by atoms with Crippen molar-refractivity contribution in [1.29, 1.82) is 0 Å². The Hall–Kier alpha value is -1.61. The highest BCUT2D eigenvalue weighted by atomic mass is 127. The molecule has 6 nitrogen and oxygen atoms in total. The fraction of sp³-hybridized carbons (Fsp3) is 0.474. The first-order chi connectivity index (χ1) is 12.3. The molecular formula is C19H28IN5O. The van der Waals surface area contributed by atoms with Gasteiger partial charge in [0.15, 0.2) is 5.96 Å². The Morgan fingerprint density at radius 2 is 1.92 bits per heavy atom. The van der Waals surface area contributed by atoms with Crippen molar-refractivity contribution in [1.82, 2.24) is 20.3 Å². The lowest BCUT2D eigenvalue weighted by Gasteiger charge is -2.36. The van der Waals surface area contributed by atoms with Crippen LogP contribution in [0.1, 0.15) is 17.7 Å². The monoisotopic (exact) mass is 469 g/mol. The van der Waals surface area contributed by atoms with E-state index in [1.165, 1.54) is 5.56 Å². The lowest BCUT2D eigenvalue weighted by Crippen LogP contribution is -2.52. The molecule has 1 aliphatic heterocycles. The highest BCUT2D eigenvalue weighted by Crippen LogP contribution is 2.07. The van der Waals surface area contributed by atoms with Gasteiger partial charge in [-0.15, -0.1) is 24.0 Å². The van der Waals surface area contributed by atoms with Crippen molar-refractivity contribution in [2.75, 3.05) is 39.8 Å². The van der Waals surface area contributed by atoms with Crippen molar-refractivity contribution < 1.29 is 4.52 Å². The van der Waals surface area contributed by atoms with Crippen molar-refractivity contribution in [2.45, 2.75) is 19.4 Å². The van der Waals surface area contributed by atoms with Crippen molar-refractivity contribution in [2.24, 2.45) is 4.99 Å². The number of nitrogens with zero attached hydrogens (tertiary/aromatic N) is 4. The fourth-order valence-corrected chi connectivity index (χ4v) is 3.14. The molecule has 142 valence electrons. The Morgan fingerprint density at radius 1 is 1.15 bits per heavy atom. The van der Waals surface area contributed by atoms with Gasteiger partial charge in [0.1, 0.15) is 6.26 Å². The van der Waals surface area contributed by atoms with Crippen LogP contribution in [0.3, 0.4) is 0 Å². The van der Waals surface area contributed by atoms with Gasteiger partial charge in [-0.2, -0.15) is 0 Å². The summed E-state index contributed by atoms with van der Waals surface area (Å²) in [6.45, 7) is 5.79. The van der Waals surface area contributed by atoms with Gasteiger partial charge in [-0.3, -0.25) is 9.89 Å². The molecule has 0 spiro atoms. The minimum absolute atomic E-state index is 0. The molecule has 1 saturated heterocycles. The average Bonchev–Trinajstić information content (AvgIpc) is 3.17. The highest BCUT2D eigenvalue weighted by molar-refractivity contribution is 14.0. The summed E-state index contributed by atoms with van der Waals surface area (Å²) in [4.78, 5) is 9.18. The van der Waals surface area contributed by atoms with Crippen LogP contribution in [-0.4, -0.2) is 60.7 Å². The number of halogens is 1. The van der Waals surface area contributed by atoms with Crippen molar-refractivity contribution >= 4 is 29.9 Å². The van der Waals surface area contributed by atoms with Gasteiger partial charge in [0.05, 0.1) is 5.69 Å². The highest BCUT2D eigenvalue weighted by Gasteiger charge is 2.20. The van der Waals surface area contributed by atoms with E-state index >= 15 is 0 Å². The quantitative estimate of drug-likeness (QED) is 0.305. The van der Waals surface area contributed by atoms with Crippen LogP contribution in [0.25, 0.3) is 0 Å². The Kier molecular flexibility index (Phi) is 8.90. The van der Waals surface area contributed by atoms with Gasteiger partial charge in [0, 0.05) is 52.4 Å². The third-order valence-electron chi connectivity index (χ3n) is 4.53. The second kappa shape index (κ2) is 11.2. The molecule has 0 bridgehead atoms. The number of aromatic nitrogens is 1. The molecule has 0 unspecified atom stereocenters. The number of benzene rings is 1. The second-order valence-electron chi connectivity index (χ2n) is 6.32. The molecule has 2 aromatic rings. The second-order valence-corrected chi connectivity index (χ2v) is 6.32. The molecule has 0 saturated carbocycles. The molecule has 0 atom stereocenters. The van der Waals surface area contributed by atoms with E-state index in [1.807, 2.05) is 13.1 Å². The third-order valence-corrected chi connectivity index (χ3v) is 4.53. The van der Waals surface area contributed by atoms with E-state index in [-0.39, 0.29) is 24.0 Å². The van der Waals surface area contributed by atoms with Crippen LogP contribution in [-0.2, 0) is 13.0 Å². The average molecular weight is 469 g/mol. The van der Waals surface area contributed by atoms with Crippen LogP contribution in [0.15, 0.2) is 52.2 Å². The molecule has 0 amide bonds. The van der Waals surface area contributed by atoms with E-state index in [2.05, 4.69) is 55.6 Å². The Bertz CT molecular complexity index is 639. The maximum atomic E-state index is 4.90. The molecule has 2 heterocycles. The molecule has 1 fully saturated rings. The maximum Gasteiger partial charge on any atom is 0.193 e. The smallest absolute Gasteiger partial charge is 0.193 e. The standard InChI is InChI=1S/C19H27N5O.HI/c1-20-19(21-10-5-8-17-6-3-2-4-7-17)24-13-11-23(12-14-24)16-18-9-15-25-22-18;/h2-4,6-7,9,15H,5,8,10-14,16H2,1H3,(H,20,21);1H. The van der Waals surface area contributed by atoms with Gasteiger partial charge >= 0.3 is 0 Å². The summed E-state index contributed by atoms with van der Waals surface area (Å²) >= 11 is 0. The summed E-state index contributed by atoms with van der Waals surface area (Å²) in [6, 6.07) is 12.6. The Labute approximate surface area is 172 Å². The van der Waals surface area contributed by atoms with E-state index < -0.39 is 0 Å². The zero-order valence-electron chi connectivity index (χ0n) is 15.3. The number of guanidine groups is 1. The molecule has 0 aliphatic carbocycles. The van der Waals surface area contributed by atoms with E-state index in [0.29, 0.717) is 0 Å². The van der Waals surface area contributed by atoms with Gasteiger partial charge in [0.25, 0.3) is 0 Å².